The highest BCUT2D eigenvalue weighted by molar-refractivity contribution is 7.99. The average molecular weight is 416 g/mol. The minimum atomic E-state index is -0.493. The summed E-state index contributed by atoms with van der Waals surface area (Å²) < 4.78 is 18.0. The van der Waals surface area contributed by atoms with Crippen molar-refractivity contribution < 1.29 is 23.5 Å². The van der Waals surface area contributed by atoms with Crippen LogP contribution in [0.1, 0.15) is 34.7 Å². The number of hydrogen-bond acceptors (Lipinski definition) is 7. The molecule has 0 amide bonds. The Hall–Kier alpha value is -2.58. The maximum absolute atomic E-state index is 12.5. The normalized spacial score (nSPS) is 12.3. The van der Waals surface area contributed by atoms with Gasteiger partial charge in [0.15, 0.2) is 12.2 Å². The summed E-state index contributed by atoms with van der Waals surface area (Å²) in [5.74, 6) is -0.703. The molecule has 3 rings (SSSR count). The fourth-order valence-electron chi connectivity index (χ4n) is 3.35. The third-order valence-corrected chi connectivity index (χ3v) is 5.39. The van der Waals surface area contributed by atoms with Crippen molar-refractivity contribution in [1.82, 2.24) is 9.55 Å². The van der Waals surface area contributed by atoms with Crippen molar-refractivity contribution in [2.75, 3.05) is 26.1 Å². The molecule has 0 N–H and O–H groups in total. The number of ether oxygens (including phenoxy) is 2. The molecule has 3 aromatic rings. The highest BCUT2D eigenvalue weighted by Crippen LogP contribution is 2.24. The number of carbonyl (C=O) groups is 2. The second-order valence-corrected chi connectivity index (χ2v) is 7.71. The molecule has 0 spiro atoms. The van der Waals surface area contributed by atoms with Crippen molar-refractivity contribution in [2.45, 2.75) is 32.0 Å². The molecule has 0 aliphatic carbocycles. The van der Waals surface area contributed by atoms with Crippen molar-refractivity contribution in [3.05, 3.63) is 47.3 Å². The molecule has 8 heteroatoms. The van der Waals surface area contributed by atoms with Crippen molar-refractivity contribution >= 4 is 34.6 Å². The summed E-state index contributed by atoms with van der Waals surface area (Å²) in [6.07, 6.45) is 0. The highest BCUT2D eigenvalue weighted by atomic mass is 32.2. The summed E-state index contributed by atoms with van der Waals surface area (Å²) in [7, 11) is 1.65. The van der Waals surface area contributed by atoms with Crippen LogP contribution in [0.25, 0.3) is 11.1 Å². The van der Waals surface area contributed by atoms with Gasteiger partial charge in [-0.05, 0) is 39.0 Å². The van der Waals surface area contributed by atoms with Crippen molar-refractivity contribution in [3.8, 4) is 0 Å². The number of nitrogens with zero attached hydrogens (tertiary/aromatic N) is 2. The van der Waals surface area contributed by atoms with E-state index in [9.17, 15) is 9.59 Å². The maximum atomic E-state index is 12.5. The van der Waals surface area contributed by atoms with E-state index in [0.717, 1.165) is 28.7 Å². The van der Waals surface area contributed by atoms with Crippen molar-refractivity contribution in [1.29, 1.82) is 0 Å². The second kappa shape index (κ2) is 9.28. The van der Waals surface area contributed by atoms with Crippen molar-refractivity contribution in [3.63, 3.8) is 0 Å². The zero-order valence-corrected chi connectivity index (χ0v) is 17.7. The molecule has 154 valence electrons. The van der Waals surface area contributed by atoms with Gasteiger partial charge in [-0.3, -0.25) is 9.59 Å². The van der Waals surface area contributed by atoms with Gasteiger partial charge in [-0.25, -0.2) is 4.98 Å². The molecule has 7 nitrogen and oxygen atoms in total. The fourth-order valence-corrected chi connectivity index (χ4v) is 3.99. The van der Waals surface area contributed by atoms with Crippen molar-refractivity contribution in [2.24, 2.45) is 0 Å². The second-order valence-electron chi connectivity index (χ2n) is 6.78. The third kappa shape index (κ3) is 4.89. The van der Waals surface area contributed by atoms with Crippen LogP contribution in [0, 0.1) is 13.8 Å². The number of ketones is 1. The smallest absolute Gasteiger partial charge is 0.316 e. The number of benzene rings is 1. The molecule has 0 aliphatic rings. The van der Waals surface area contributed by atoms with E-state index < -0.39 is 5.97 Å². The largest absolute Gasteiger partial charge is 0.457 e. The first kappa shape index (κ1) is 21.1. The number of carbonyl (C=O) groups excluding carboxylic acids is 2. The number of hydrogen-bond donors (Lipinski definition) is 0. The molecule has 0 radical (unpaired) electrons. The van der Waals surface area contributed by atoms with Crippen LogP contribution < -0.4 is 0 Å². The first-order valence-corrected chi connectivity index (χ1v) is 10.2. The average Bonchev–Trinajstić information content (AvgIpc) is 3.24. The molecule has 29 heavy (non-hydrogen) atoms. The molecule has 1 atom stereocenters. The number of rotatable bonds is 9. The lowest BCUT2D eigenvalue weighted by atomic mass is 10.1. The van der Waals surface area contributed by atoms with E-state index in [4.69, 9.17) is 13.9 Å². The fraction of sp³-hybridized carbons (Fsp3) is 0.381. The molecule has 1 aromatic carbocycles. The van der Waals surface area contributed by atoms with Crippen LogP contribution in [-0.4, -0.2) is 47.4 Å². The van der Waals surface area contributed by atoms with Crippen LogP contribution in [-0.2, 0) is 14.3 Å². The number of oxazole rings is 1. The lowest BCUT2D eigenvalue weighted by Gasteiger charge is -2.17. The molecular formula is C21H24N2O5S. The Morgan fingerprint density at radius 2 is 2.03 bits per heavy atom. The summed E-state index contributed by atoms with van der Waals surface area (Å²) in [6.45, 7) is 6.11. The number of para-hydroxylation sites is 2. The Kier molecular flexibility index (Phi) is 6.76. The number of aromatic nitrogens is 2. The minimum absolute atomic E-state index is 0.0179. The number of fused-ring (bicyclic) bond motifs is 1. The molecular weight excluding hydrogens is 392 g/mol. The summed E-state index contributed by atoms with van der Waals surface area (Å²) in [5, 5.41) is 0.394. The lowest BCUT2D eigenvalue weighted by Crippen LogP contribution is -2.17. The van der Waals surface area contributed by atoms with Gasteiger partial charge < -0.3 is 18.5 Å². The van der Waals surface area contributed by atoms with E-state index in [1.54, 1.807) is 7.11 Å². The Morgan fingerprint density at radius 1 is 1.28 bits per heavy atom. The quantitative estimate of drug-likeness (QED) is 0.296. The zero-order chi connectivity index (χ0) is 21.0. The number of esters is 1. The van der Waals surface area contributed by atoms with E-state index in [0.29, 0.717) is 23.0 Å². The Bertz CT molecular complexity index is 990. The van der Waals surface area contributed by atoms with E-state index in [-0.39, 0.29) is 24.2 Å². The van der Waals surface area contributed by atoms with Gasteiger partial charge in [-0.2, -0.15) is 0 Å². The van der Waals surface area contributed by atoms with Crippen LogP contribution >= 0.6 is 11.8 Å². The number of aryl methyl sites for hydroxylation is 1. The standard InChI is InChI=1S/C21H24N2O5S/c1-13-9-16(15(3)23(13)14(2)10-26-4)18(24)11-27-20(25)12-29-21-22-17-7-5-6-8-19(17)28-21/h5-9,14H,10-12H2,1-4H3/t14-/m1/s1. The third-order valence-electron chi connectivity index (χ3n) is 4.59. The topological polar surface area (TPSA) is 83.6 Å². The lowest BCUT2D eigenvalue weighted by molar-refractivity contribution is -0.139. The molecule has 0 unspecified atom stereocenters. The first-order chi connectivity index (χ1) is 13.9. The van der Waals surface area contributed by atoms with E-state index in [1.807, 2.05) is 51.1 Å². The molecule has 0 fully saturated rings. The summed E-state index contributed by atoms with van der Waals surface area (Å²) in [4.78, 5) is 28.9. The Balaban J connectivity index is 1.54. The maximum Gasteiger partial charge on any atom is 0.316 e. The molecule has 2 aromatic heterocycles. The molecule has 0 saturated carbocycles. The van der Waals surface area contributed by atoms with E-state index >= 15 is 0 Å². The van der Waals surface area contributed by atoms with Crippen LogP contribution in [0.5, 0.6) is 0 Å². The van der Waals surface area contributed by atoms with Gasteiger partial charge in [0.25, 0.3) is 5.22 Å². The van der Waals surface area contributed by atoms with E-state index in [1.165, 1.54) is 0 Å². The van der Waals surface area contributed by atoms with Gasteiger partial charge >= 0.3 is 5.97 Å². The minimum Gasteiger partial charge on any atom is -0.457 e. The predicted octanol–water partition coefficient (Wildman–Crippen LogP) is 3.97. The number of thioether (sulfide) groups is 1. The van der Waals surface area contributed by atoms with Gasteiger partial charge in [-0.1, -0.05) is 23.9 Å². The summed E-state index contributed by atoms with van der Waals surface area (Å²) in [5.41, 5.74) is 3.76. The SMILES string of the molecule is COC[C@@H](C)n1c(C)cc(C(=O)COC(=O)CSc2nc3ccccc3o2)c1C. The number of methoxy groups -OCH3 is 1. The monoisotopic (exact) mass is 416 g/mol. The zero-order valence-electron chi connectivity index (χ0n) is 16.9. The number of Topliss-reactive ketones (excluding diaryl/α,β-unsaturated/α-hetero) is 1. The van der Waals surface area contributed by atoms with E-state index in [2.05, 4.69) is 9.55 Å². The Labute approximate surface area is 173 Å². The highest BCUT2D eigenvalue weighted by Gasteiger charge is 2.20. The Morgan fingerprint density at radius 3 is 2.76 bits per heavy atom. The molecule has 0 bridgehead atoms. The van der Waals surface area contributed by atoms with Crippen LogP contribution in [0.15, 0.2) is 40.0 Å². The molecule has 2 heterocycles. The van der Waals surface area contributed by atoms with Crippen LogP contribution in [0.3, 0.4) is 0 Å². The molecule has 0 saturated heterocycles. The van der Waals surface area contributed by atoms with Gasteiger partial charge in [0.2, 0.25) is 5.78 Å². The van der Waals surface area contributed by atoms with Gasteiger partial charge in [0.1, 0.15) is 11.3 Å². The molecule has 0 aliphatic heterocycles. The first-order valence-electron chi connectivity index (χ1n) is 9.25. The van der Waals surface area contributed by atoms with Crippen LogP contribution in [0.2, 0.25) is 0 Å². The summed E-state index contributed by atoms with van der Waals surface area (Å²) in [6, 6.07) is 9.31. The van der Waals surface area contributed by atoms with Crippen LogP contribution in [0.4, 0.5) is 0 Å². The van der Waals surface area contributed by atoms with Gasteiger partial charge in [-0.15, -0.1) is 0 Å². The predicted molar refractivity (Wildman–Crippen MR) is 111 cm³/mol. The van der Waals surface area contributed by atoms with Gasteiger partial charge in [0.05, 0.1) is 12.6 Å². The summed E-state index contributed by atoms with van der Waals surface area (Å²) >= 11 is 1.14. The van der Waals surface area contributed by atoms with Gasteiger partial charge in [0, 0.05) is 24.1 Å².